The number of rotatable bonds is 7. The number of pyridine rings is 1. The molecule has 164 valence electrons. The smallest absolute Gasteiger partial charge is 0.228 e. The van der Waals surface area contributed by atoms with Crippen molar-refractivity contribution in [1.82, 2.24) is 20.1 Å². The molecule has 0 radical (unpaired) electrons. The van der Waals surface area contributed by atoms with Crippen LogP contribution >= 0.6 is 0 Å². The second-order valence-electron chi connectivity index (χ2n) is 8.00. The van der Waals surface area contributed by atoms with Gasteiger partial charge in [0.05, 0.1) is 11.9 Å². The normalized spacial score (nSPS) is 16.0. The lowest BCUT2D eigenvalue weighted by atomic mass is 9.95. The molecule has 4 rings (SSSR count). The number of anilines is 1. The Bertz CT molecular complexity index is 1140. The molecule has 3 heterocycles. The van der Waals surface area contributed by atoms with Gasteiger partial charge in [-0.05, 0) is 68.7 Å². The van der Waals surface area contributed by atoms with Gasteiger partial charge in [0.15, 0.2) is 0 Å². The summed E-state index contributed by atoms with van der Waals surface area (Å²) >= 11 is 0. The van der Waals surface area contributed by atoms with E-state index in [9.17, 15) is 4.79 Å². The second kappa shape index (κ2) is 10.2. The minimum Gasteiger partial charge on any atom is -0.310 e. The van der Waals surface area contributed by atoms with E-state index in [0.29, 0.717) is 5.82 Å². The van der Waals surface area contributed by atoms with Crippen molar-refractivity contribution in [2.75, 3.05) is 25.0 Å². The first-order chi connectivity index (χ1) is 15.7. The molecule has 1 saturated heterocycles. The van der Waals surface area contributed by atoms with Crippen LogP contribution < -0.4 is 5.32 Å². The van der Waals surface area contributed by atoms with Gasteiger partial charge in [0.1, 0.15) is 5.82 Å². The molecule has 1 aromatic carbocycles. The van der Waals surface area contributed by atoms with Gasteiger partial charge in [-0.15, -0.1) is 0 Å². The number of nitrogens with zero attached hydrogens (tertiary/aromatic N) is 4. The minimum atomic E-state index is -0.0133. The Hall–Kier alpha value is -3.58. The van der Waals surface area contributed by atoms with Crippen LogP contribution in [-0.2, 0) is 4.79 Å². The summed E-state index contributed by atoms with van der Waals surface area (Å²) in [6.07, 6.45) is 13.0. The number of carbonyl (C=O) groups is 1. The molecule has 1 aliphatic heterocycles. The Morgan fingerprint density at radius 2 is 2.09 bits per heavy atom. The minimum absolute atomic E-state index is 0.0133. The highest BCUT2D eigenvalue weighted by Gasteiger charge is 2.25. The molecule has 0 aliphatic carbocycles. The van der Waals surface area contributed by atoms with Crippen molar-refractivity contribution in [2.24, 2.45) is 10.9 Å². The summed E-state index contributed by atoms with van der Waals surface area (Å²) in [5, 5.41) is 11.9. The molecule has 0 saturated carbocycles. The molecular weight excluding hydrogens is 400 g/mol. The van der Waals surface area contributed by atoms with E-state index in [-0.39, 0.29) is 11.8 Å². The number of hydrogen-bond donors (Lipinski definition) is 2. The number of likely N-dealkylation sites (tertiary alicyclic amines) is 1. The molecule has 32 heavy (non-hydrogen) atoms. The summed E-state index contributed by atoms with van der Waals surface area (Å²) in [6.45, 7) is 8.11. The van der Waals surface area contributed by atoms with Crippen molar-refractivity contribution < 1.29 is 4.79 Å². The van der Waals surface area contributed by atoms with E-state index in [1.807, 2.05) is 49.5 Å². The van der Waals surface area contributed by atoms with Crippen molar-refractivity contribution in [3.05, 3.63) is 66.8 Å². The van der Waals surface area contributed by atoms with Gasteiger partial charge in [0, 0.05) is 35.8 Å². The molecule has 1 fully saturated rings. The fourth-order valence-electron chi connectivity index (χ4n) is 3.97. The van der Waals surface area contributed by atoms with Crippen LogP contribution in [0.4, 0.5) is 5.82 Å². The van der Waals surface area contributed by atoms with E-state index in [1.54, 1.807) is 12.4 Å². The molecule has 2 N–H and O–H groups in total. The third-order valence-corrected chi connectivity index (χ3v) is 5.83. The zero-order valence-electron chi connectivity index (χ0n) is 18.3. The highest BCUT2D eigenvalue weighted by atomic mass is 16.1. The number of amides is 1. The number of H-pyrrole nitrogens is 1. The third-order valence-electron chi connectivity index (χ3n) is 5.83. The average molecular weight is 429 g/mol. The molecule has 2 aromatic heterocycles. The molecule has 0 bridgehead atoms. The van der Waals surface area contributed by atoms with Crippen LogP contribution in [0.5, 0.6) is 0 Å². The van der Waals surface area contributed by atoms with Gasteiger partial charge in [-0.25, -0.2) is 4.98 Å². The molecule has 1 amide bonds. The fourth-order valence-corrected chi connectivity index (χ4v) is 3.97. The first kappa shape index (κ1) is 21.6. The Morgan fingerprint density at radius 1 is 1.25 bits per heavy atom. The largest absolute Gasteiger partial charge is 0.310 e. The maximum Gasteiger partial charge on any atom is 0.228 e. The molecule has 0 spiro atoms. The van der Waals surface area contributed by atoms with Crippen LogP contribution in [-0.4, -0.2) is 52.3 Å². The lowest BCUT2D eigenvalue weighted by Gasteiger charge is -2.31. The standard InChI is InChI=1S/C25H28N6O/c1-3-4-5-23(26-2)17-31-10-8-18(9-11-31)25(32)30-24-13-21-12-19(22-15-28-29-16-22)6-7-20(21)14-27-24/h3-7,12-16,18H,2,8-11,17H2,1H3,(H,28,29)(H,27,30,32)/b4-3-,23-5-. The summed E-state index contributed by atoms with van der Waals surface area (Å²) in [7, 11) is 0. The SMILES string of the molecule is C=N/C(=C\C=C/C)CN1CCC(C(=O)Nc2cc3cc(-c4cn[nH]c4)ccc3cn2)CC1. The van der Waals surface area contributed by atoms with Gasteiger partial charge in [-0.3, -0.25) is 19.8 Å². The van der Waals surface area contributed by atoms with Gasteiger partial charge in [0.2, 0.25) is 5.91 Å². The molecular formula is C25H28N6O. The number of carbonyl (C=O) groups excluding carboxylic acids is 1. The lowest BCUT2D eigenvalue weighted by Crippen LogP contribution is -2.39. The van der Waals surface area contributed by atoms with Gasteiger partial charge >= 0.3 is 0 Å². The van der Waals surface area contributed by atoms with Crippen LogP contribution in [0.25, 0.3) is 21.9 Å². The maximum absolute atomic E-state index is 12.9. The van der Waals surface area contributed by atoms with E-state index >= 15 is 0 Å². The predicted molar refractivity (Wildman–Crippen MR) is 130 cm³/mol. The molecule has 3 aromatic rings. The Kier molecular flexibility index (Phi) is 6.87. The number of benzene rings is 1. The molecule has 0 unspecified atom stereocenters. The van der Waals surface area contributed by atoms with Crippen molar-refractivity contribution in [2.45, 2.75) is 19.8 Å². The van der Waals surface area contributed by atoms with Crippen LogP contribution in [0.2, 0.25) is 0 Å². The number of nitrogens with one attached hydrogen (secondary N) is 2. The number of aliphatic imine (C=N–C) groups is 1. The number of aromatic amines is 1. The fraction of sp³-hybridized carbons (Fsp3) is 0.280. The van der Waals surface area contributed by atoms with Gasteiger partial charge in [-0.1, -0.05) is 24.3 Å². The number of fused-ring (bicyclic) bond motifs is 1. The highest BCUT2D eigenvalue weighted by molar-refractivity contribution is 5.95. The van der Waals surface area contributed by atoms with E-state index in [4.69, 9.17) is 0 Å². The topological polar surface area (TPSA) is 86.3 Å². The van der Waals surface area contributed by atoms with E-state index < -0.39 is 0 Å². The molecule has 7 nitrogen and oxygen atoms in total. The molecule has 1 aliphatic rings. The average Bonchev–Trinajstić information content (AvgIpc) is 3.37. The predicted octanol–water partition coefficient (Wildman–Crippen LogP) is 4.44. The highest BCUT2D eigenvalue weighted by Crippen LogP contribution is 2.25. The third kappa shape index (κ3) is 5.18. The molecule has 7 heteroatoms. The molecule has 0 atom stereocenters. The van der Waals surface area contributed by atoms with Crippen molar-refractivity contribution in [3.63, 3.8) is 0 Å². The zero-order chi connectivity index (χ0) is 22.3. The van der Waals surface area contributed by atoms with Crippen molar-refractivity contribution >= 4 is 29.2 Å². The number of hydrogen-bond acceptors (Lipinski definition) is 5. The quantitative estimate of drug-likeness (QED) is 0.430. The van der Waals surface area contributed by atoms with Crippen molar-refractivity contribution in [1.29, 1.82) is 0 Å². The van der Waals surface area contributed by atoms with Crippen LogP contribution in [0, 0.1) is 5.92 Å². The number of piperidine rings is 1. The summed E-state index contributed by atoms with van der Waals surface area (Å²) in [5.41, 5.74) is 3.04. The zero-order valence-corrected chi connectivity index (χ0v) is 18.3. The summed E-state index contributed by atoms with van der Waals surface area (Å²) < 4.78 is 0. The van der Waals surface area contributed by atoms with Gasteiger partial charge < -0.3 is 5.32 Å². The van der Waals surface area contributed by atoms with E-state index in [1.165, 1.54) is 0 Å². The Morgan fingerprint density at radius 3 is 2.81 bits per heavy atom. The van der Waals surface area contributed by atoms with Gasteiger partial charge in [0.25, 0.3) is 0 Å². The number of allylic oxidation sites excluding steroid dienone is 3. The van der Waals surface area contributed by atoms with Crippen LogP contribution in [0.15, 0.2) is 71.8 Å². The maximum atomic E-state index is 12.9. The Labute approximate surface area is 188 Å². The van der Waals surface area contributed by atoms with Crippen molar-refractivity contribution in [3.8, 4) is 11.1 Å². The number of aromatic nitrogens is 3. The Balaban J connectivity index is 1.37. The second-order valence-corrected chi connectivity index (χ2v) is 8.00. The van der Waals surface area contributed by atoms with Crippen LogP contribution in [0.1, 0.15) is 19.8 Å². The summed E-state index contributed by atoms with van der Waals surface area (Å²) in [4.78, 5) is 23.7. The summed E-state index contributed by atoms with van der Waals surface area (Å²) in [5.74, 6) is 0.608. The summed E-state index contributed by atoms with van der Waals surface area (Å²) in [6, 6.07) is 8.09. The van der Waals surface area contributed by atoms with E-state index in [2.05, 4.69) is 43.2 Å². The van der Waals surface area contributed by atoms with Gasteiger partial charge in [-0.2, -0.15) is 5.10 Å². The monoisotopic (exact) mass is 428 g/mol. The van der Waals surface area contributed by atoms with E-state index in [0.717, 1.165) is 60.1 Å². The van der Waals surface area contributed by atoms with Crippen LogP contribution in [0.3, 0.4) is 0 Å². The first-order valence-corrected chi connectivity index (χ1v) is 10.9. The first-order valence-electron chi connectivity index (χ1n) is 10.9. The lowest BCUT2D eigenvalue weighted by molar-refractivity contribution is -0.121.